The number of hydrogen-bond donors (Lipinski definition) is 0. The van der Waals surface area contributed by atoms with Crippen LogP contribution in [0.15, 0.2) is 4.34 Å². The summed E-state index contributed by atoms with van der Waals surface area (Å²) in [5.74, 6) is 1.66. The zero-order valence-corrected chi connectivity index (χ0v) is 13.7. The molecule has 3 rings (SSSR count). The lowest BCUT2D eigenvalue weighted by Crippen LogP contribution is -2.41. The summed E-state index contributed by atoms with van der Waals surface area (Å²) in [5.41, 5.74) is 0. The summed E-state index contributed by atoms with van der Waals surface area (Å²) in [6.07, 6.45) is 4.76. The SMILES string of the molecule is CC1CCN(C(=O)C(C)Sc2nnc(C3CC3)s2)CC1. The molecule has 2 heterocycles. The number of nitrogens with zero attached hydrogens (tertiary/aromatic N) is 3. The van der Waals surface area contributed by atoms with E-state index >= 15 is 0 Å². The van der Waals surface area contributed by atoms with Gasteiger partial charge >= 0.3 is 0 Å². The van der Waals surface area contributed by atoms with E-state index in [1.54, 1.807) is 23.1 Å². The molecular formula is C14H21N3OS2. The van der Waals surface area contributed by atoms with Crippen molar-refractivity contribution in [2.45, 2.75) is 55.0 Å². The second kappa shape index (κ2) is 6.02. The maximum absolute atomic E-state index is 12.4. The van der Waals surface area contributed by atoms with Crippen LogP contribution in [0.5, 0.6) is 0 Å². The lowest BCUT2D eigenvalue weighted by atomic mass is 9.99. The Balaban J connectivity index is 1.54. The lowest BCUT2D eigenvalue weighted by molar-refractivity contribution is -0.131. The summed E-state index contributed by atoms with van der Waals surface area (Å²) in [7, 11) is 0. The van der Waals surface area contributed by atoms with Crippen molar-refractivity contribution in [2.75, 3.05) is 13.1 Å². The van der Waals surface area contributed by atoms with Gasteiger partial charge in [0.2, 0.25) is 5.91 Å². The first-order valence-electron chi connectivity index (χ1n) is 7.42. The van der Waals surface area contributed by atoms with Gasteiger partial charge in [0.25, 0.3) is 0 Å². The molecule has 110 valence electrons. The summed E-state index contributed by atoms with van der Waals surface area (Å²) in [5, 5.41) is 9.55. The Hall–Kier alpha value is -0.620. The molecular weight excluding hydrogens is 290 g/mol. The van der Waals surface area contributed by atoms with Crippen LogP contribution in [0, 0.1) is 5.92 Å². The van der Waals surface area contributed by atoms with Gasteiger partial charge < -0.3 is 4.90 Å². The first-order chi connectivity index (χ1) is 9.63. The zero-order chi connectivity index (χ0) is 14.1. The van der Waals surface area contributed by atoms with E-state index in [1.165, 1.54) is 12.8 Å². The predicted octanol–water partition coefficient (Wildman–Crippen LogP) is 3.15. The van der Waals surface area contributed by atoms with Crippen molar-refractivity contribution in [1.82, 2.24) is 15.1 Å². The van der Waals surface area contributed by atoms with E-state index in [2.05, 4.69) is 17.1 Å². The van der Waals surface area contributed by atoms with Crippen LogP contribution in [0.1, 0.15) is 50.5 Å². The summed E-state index contributed by atoms with van der Waals surface area (Å²) >= 11 is 3.23. The molecule has 0 bridgehead atoms. The Kier molecular flexibility index (Phi) is 4.31. The van der Waals surface area contributed by atoms with Crippen LogP contribution in [0.4, 0.5) is 0 Å². The molecule has 1 saturated heterocycles. The second-order valence-electron chi connectivity index (χ2n) is 5.95. The van der Waals surface area contributed by atoms with E-state index in [9.17, 15) is 4.79 Å². The van der Waals surface area contributed by atoms with Crippen molar-refractivity contribution in [3.63, 3.8) is 0 Å². The molecule has 6 heteroatoms. The monoisotopic (exact) mass is 311 g/mol. The maximum Gasteiger partial charge on any atom is 0.235 e. The van der Waals surface area contributed by atoms with Crippen LogP contribution >= 0.6 is 23.1 Å². The first-order valence-corrected chi connectivity index (χ1v) is 9.12. The van der Waals surface area contributed by atoms with E-state index in [0.717, 1.165) is 41.2 Å². The van der Waals surface area contributed by atoms with Gasteiger partial charge in [-0.05, 0) is 38.5 Å². The minimum absolute atomic E-state index is 0.0524. The summed E-state index contributed by atoms with van der Waals surface area (Å²) in [6, 6.07) is 0. The van der Waals surface area contributed by atoms with Crippen LogP contribution in [0.2, 0.25) is 0 Å². The highest BCUT2D eigenvalue weighted by Gasteiger charge is 2.29. The van der Waals surface area contributed by atoms with Gasteiger partial charge in [-0.15, -0.1) is 10.2 Å². The van der Waals surface area contributed by atoms with Gasteiger partial charge in [0.1, 0.15) is 5.01 Å². The van der Waals surface area contributed by atoms with Gasteiger partial charge in [-0.1, -0.05) is 30.0 Å². The number of carbonyl (C=O) groups excluding carboxylic acids is 1. The normalized spacial score (nSPS) is 22.0. The molecule has 2 aliphatic rings. The highest BCUT2D eigenvalue weighted by Crippen LogP contribution is 2.43. The van der Waals surface area contributed by atoms with Crippen LogP contribution in [0.25, 0.3) is 0 Å². The summed E-state index contributed by atoms with van der Waals surface area (Å²) < 4.78 is 0.943. The molecule has 4 nitrogen and oxygen atoms in total. The molecule has 1 amide bonds. The van der Waals surface area contributed by atoms with E-state index in [-0.39, 0.29) is 11.2 Å². The number of rotatable bonds is 4. The van der Waals surface area contributed by atoms with Crippen LogP contribution < -0.4 is 0 Å². The van der Waals surface area contributed by atoms with Gasteiger partial charge in [-0.25, -0.2) is 0 Å². The Morgan fingerprint density at radius 1 is 1.30 bits per heavy atom. The third-order valence-electron chi connectivity index (χ3n) is 4.07. The highest BCUT2D eigenvalue weighted by atomic mass is 32.2. The number of hydrogen-bond acceptors (Lipinski definition) is 5. The summed E-state index contributed by atoms with van der Waals surface area (Å²) in [6.45, 7) is 6.08. The number of aromatic nitrogens is 2. The lowest BCUT2D eigenvalue weighted by Gasteiger charge is -2.31. The number of carbonyl (C=O) groups is 1. The van der Waals surface area contributed by atoms with Crippen LogP contribution in [-0.4, -0.2) is 39.3 Å². The van der Waals surface area contributed by atoms with Gasteiger partial charge in [0, 0.05) is 19.0 Å². The van der Waals surface area contributed by atoms with Crippen molar-refractivity contribution in [3.8, 4) is 0 Å². The minimum Gasteiger partial charge on any atom is -0.342 e. The molecule has 0 spiro atoms. The Bertz CT molecular complexity index is 479. The largest absolute Gasteiger partial charge is 0.342 e. The smallest absolute Gasteiger partial charge is 0.235 e. The number of likely N-dealkylation sites (tertiary alicyclic amines) is 1. The molecule has 1 aromatic rings. The van der Waals surface area contributed by atoms with Crippen molar-refractivity contribution < 1.29 is 4.79 Å². The average Bonchev–Trinajstić information content (AvgIpc) is 3.20. The number of thioether (sulfide) groups is 1. The highest BCUT2D eigenvalue weighted by molar-refractivity contribution is 8.02. The number of piperidine rings is 1. The molecule has 0 N–H and O–H groups in total. The van der Waals surface area contributed by atoms with Gasteiger partial charge in [-0.3, -0.25) is 4.79 Å². The maximum atomic E-state index is 12.4. The van der Waals surface area contributed by atoms with E-state index in [0.29, 0.717) is 5.92 Å². The molecule has 1 aliphatic carbocycles. The van der Waals surface area contributed by atoms with Gasteiger partial charge in [0.05, 0.1) is 5.25 Å². The van der Waals surface area contributed by atoms with Crippen molar-refractivity contribution in [1.29, 1.82) is 0 Å². The van der Waals surface area contributed by atoms with E-state index in [1.807, 2.05) is 11.8 Å². The Morgan fingerprint density at radius 2 is 2.00 bits per heavy atom. The fourth-order valence-electron chi connectivity index (χ4n) is 2.45. The van der Waals surface area contributed by atoms with E-state index < -0.39 is 0 Å². The topological polar surface area (TPSA) is 46.1 Å². The number of amides is 1. The molecule has 1 aromatic heterocycles. The van der Waals surface area contributed by atoms with Gasteiger partial charge in [-0.2, -0.15) is 0 Å². The summed E-state index contributed by atoms with van der Waals surface area (Å²) in [4.78, 5) is 14.4. The zero-order valence-electron chi connectivity index (χ0n) is 12.0. The molecule has 0 radical (unpaired) electrons. The molecule has 1 aliphatic heterocycles. The Labute approximate surface area is 128 Å². The van der Waals surface area contributed by atoms with Crippen LogP contribution in [0.3, 0.4) is 0 Å². The van der Waals surface area contributed by atoms with E-state index in [4.69, 9.17) is 0 Å². The average molecular weight is 311 g/mol. The third-order valence-corrected chi connectivity index (χ3v) is 6.33. The fraction of sp³-hybridized carbons (Fsp3) is 0.786. The fourth-order valence-corrected chi connectivity index (χ4v) is 4.72. The standard InChI is InChI=1S/C14H21N3OS2/c1-9-5-7-17(8-6-9)13(18)10(2)19-14-16-15-12(20-14)11-3-4-11/h9-11H,3-8H2,1-2H3. The molecule has 0 aromatic carbocycles. The van der Waals surface area contributed by atoms with Crippen LogP contribution in [-0.2, 0) is 4.79 Å². The van der Waals surface area contributed by atoms with Gasteiger partial charge in [0.15, 0.2) is 4.34 Å². The Morgan fingerprint density at radius 3 is 2.65 bits per heavy atom. The quantitative estimate of drug-likeness (QED) is 0.801. The second-order valence-corrected chi connectivity index (χ2v) is 8.55. The minimum atomic E-state index is -0.0524. The van der Waals surface area contributed by atoms with Crippen molar-refractivity contribution in [2.24, 2.45) is 5.92 Å². The van der Waals surface area contributed by atoms with Crippen molar-refractivity contribution in [3.05, 3.63) is 5.01 Å². The molecule has 1 unspecified atom stereocenters. The van der Waals surface area contributed by atoms with Crippen molar-refractivity contribution >= 4 is 29.0 Å². The molecule has 1 atom stereocenters. The third kappa shape index (κ3) is 3.34. The molecule has 1 saturated carbocycles. The predicted molar refractivity (Wildman–Crippen MR) is 82.2 cm³/mol. The first kappa shape index (κ1) is 14.3. The molecule has 20 heavy (non-hydrogen) atoms. The molecule has 2 fully saturated rings.